The van der Waals surface area contributed by atoms with Crippen LogP contribution in [-0.4, -0.2) is 23.4 Å². The van der Waals surface area contributed by atoms with Crippen molar-refractivity contribution in [2.75, 3.05) is 13.2 Å². The van der Waals surface area contributed by atoms with E-state index in [9.17, 15) is 0 Å². The van der Waals surface area contributed by atoms with Gasteiger partial charge in [-0.3, -0.25) is 0 Å². The van der Waals surface area contributed by atoms with Crippen molar-refractivity contribution >= 4 is 0 Å². The van der Waals surface area contributed by atoms with Crippen molar-refractivity contribution in [3.8, 4) is 0 Å². The maximum atomic E-state index is 8.38. The summed E-state index contributed by atoms with van der Waals surface area (Å²) in [7, 11) is 0. The largest absolute Gasteiger partial charge is 0.396 e. The minimum absolute atomic E-state index is 0.0417. The lowest BCUT2D eigenvalue weighted by molar-refractivity contribution is 0.281. The molecular formula is C6H12O2. The molecule has 0 aliphatic rings. The molecule has 0 aromatic rings. The van der Waals surface area contributed by atoms with E-state index in [1.807, 2.05) is 0 Å². The average Bonchev–Trinajstić information content (AvgIpc) is 1.83. The monoisotopic (exact) mass is 116 g/mol. The topological polar surface area (TPSA) is 40.5 Å². The van der Waals surface area contributed by atoms with Crippen molar-refractivity contribution in [3.05, 3.63) is 12.2 Å². The van der Waals surface area contributed by atoms with Crippen molar-refractivity contribution in [1.82, 2.24) is 0 Å². The summed E-state index contributed by atoms with van der Waals surface area (Å²) in [5.41, 5.74) is 0.791. The summed E-state index contributed by atoms with van der Waals surface area (Å²) in [6.07, 6.45) is 1.44. The third-order valence-electron chi connectivity index (χ3n) is 0.912. The Bertz CT molecular complexity index is 68.9. The van der Waals surface area contributed by atoms with E-state index >= 15 is 0 Å². The van der Waals surface area contributed by atoms with Gasteiger partial charge in [-0.1, -0.05) is 12.2 Å². The minimum Gasteiger partial charge on any atom is -0.396 e. The van der Waals surface area contributed by atoms with Crippen LogP contribution in [0.3, 0.4) is 0 Å². The first-order valence-electron chi connectivity index (χ1n) is 2.69. The van der Waals surface area contributed by atoms with Gasteiger partial charge in [0.25, 0.3) is 0 Å². The van der Waals surface area contributed by atoms with Crippen LogP contribution < -0.4 is 0 Å². The number of rotatable bonds is 4. The van der Waals surface area contributed by atoms with E-state index in [0.717, 1.165) is 12.0 Å². The van der Waals surface area contributed by atoms with Crippen molar-refractivity contribution in [2.24, 2.45) is 0 Å². The number of hydrogen-bond acceptors (Lipinski definition) is 2. The molecule has 0 bridgehead atoms. The smallest absolute Gasteiger partial charge is 0.0639 e. The van der Waals surface area contributed by atoms with E-state index in [1.54, 1.807) is 0 Å². The van der Waals surface area contributed by atoms with E-state index in [-0.39, 0.29) is 13.2 Å². The second-order valence-electron chi connectivity index (χ2n) is 1.74. The van der Waals surface area contributed by atoms with Crippen LogP contribution in [0.4, 0.5) is 0 Å². The number of aliphatic hydroxyl groups is 2. The van der Waals surface area contributed by atoms with Crippen LogP contribution in [0, 0.1) is 0 Å². The molecule has 48 valence electrons. The molecule has 0 fully saturated rings. The SMILES string of the molecule is C=C(CO)CCCO. The first-order valence-corrected chi connectivity index (χ1v) is 2.69. The van der Waals surface area contributed by atoms with Crippen LogP contribution in [0.15, 0.2) is 12.2 Å². The Labute approximate surface area is 49.5 Å². The summed E-state index contributed by atoms with van der Waals surface area (Å²) < 4.78 is 0. The number of aliphatic hydroxyl groups excluding tert-OH is 2. The van der Waals surface area contributed by atoms with Gasteiger partial charge >= 0.3 is 0 Å². The van der Waals surface area contributed by atoms with Gasteiger partial charge < -0.3 is 10.2 Å². The predicted octanol–water partition coefficient (Wildman–Crippen LogP) is 0.307. The first-order chi connectivity index (χ1) is 3.81. The van der Waals surface area contributed by atoms with Crippen LogP contribution >= 0.6 is 0 Å². The zero-order valence-electron chi connectivity index (χ0n) is 4.93. The van der Waals surface area contributed by atoms with Gasteiger partial charge in [0.1, 0.15) is 0 Å². The normalized spacial score (nSPS) is 9.25. The molecule has 8 heavy (non-hydrogen) atoms. The Morgan fingerprint density at radius 2 is 2.00 bits per heavy atom. The van der Waals surface area contributed by atoms with Gasteiger partial charge in [-0.25, -0.2) is 0 Å². The van der Waals surface area contributed by atoms with E-state index < -0.39 is 0 Å². The van der Waals surface area contributed by atoms with Crippen molar-refractivity contribution in [1.29, 1.82) is 0 Å². The Kier molecular flexibility index (Phi) is 4.61. The van der Waals surface area contributed by atoms with Crippen molar-refractivity contribution in [3.63, 3.8) is 0 Å². The molecule has 0 rings (SSSR count). The van der Waals surface area contributed by atoms with E-state index in [0.29, 0.717) is 6.42 Å². The highest BCUT2D eigenvalue weighted by Gasteiger charge is 1.88. The van der Waals surface area contributed by atoms with E-state index in [1.165, 1.54) is 0 Å². The zero-order valence-corrected chi connectivity index (χ0v) is 4.93. The molecule has 0 aliphatic carbocycles. The maximum Gasteiger partial charge on any atom is 0.0639 e. The Balaban J connectivity index is 2.99. The Morgan fingerprint density at radius 3 is 2.38 bits per heavy atom. The van der Waals surface area contributed by atoms with Crippen LogP contribution in [0.5, 0.6) is 0 Å². The quantitative estimate of drug-likeness (QED) is 0.519. The summed E-state index contributed by atoms with van der Waals surface area (Å²) in [5.74, 6) is 0. The Morgan fingerprint density at radius 1 is 1.38 bits per heavy atom. The predicted molar refractivity (Wildman–Crippen MR) is 32.5 cm³/mol. The van der Waals surface area contributed by atoms with Gasteiger partial charge in [0.05, 0.1) is 6.61 Å². The highest BCUT2D eigenvalue weighted by atomic mass is 16.3. The van der Waals surface area contributed by atoms with Crippen molar-refractivity contribution in [2.45, 2.75) is 12.8 Å². The molecule has 0 unspecified atom stereocenters. The molecule has 2 N–H and O–H groups in total. The molecule has 0 saturated carbocycles. The molecule has 0 heterocycles. The Hall–Kier alpha value is -0.340. The van der Waals surface area contributed by atoms with Gasteiger partial charge in [-0.2, -0.15) is 0 Å². The highest BCUT2D eigenvalue weighted by Crippen LogP contribution is 1.98. The molecule has 0 saturated heterocycles. The molecule has 0 spiro atoms. The fourth-order valence-corrected chi connectivity index (χ4v) is 0.408. The second-order valence-corrected chi connectivity index (χ2v) is 1.74. The van der Waals surface area contributed by atoms with Crippen LogP contribution in [-0.2, 0) is 0 Å². The van der Waals surface area contributed by atoms with Crippen molar-refractivity contribution < 1.29 is 10.2 Å². The summed E-state index contributed by atoms with van der Waals surface area (Å²) >= 11 is 0. The highest BCUT2D eigenvalue weighted by molar-refractivity contribution is 4.92. The number of hydrogen-bond donors (Lipinski definition) is 2. The average molecular weight is 116 g/mol. The van der Waals surface area contributed by atoms with Crippen LogP contribution in [0.1, 0.15) is 12.8 Å². The lowest BCUT2D eigenvalue weighted by Gasteiger charge is -1.96. The molecule has 0 aliphatic heterocycles. The van der Waals surface area contributed by atoms with E-state index in [2.05, 4.69) is 6.58 Å². The molecule has 0 radical (unpaired) electrons. The van der Waals surface area contributed by atoms with Gasteiger partial charge in [0.2, 0.25) is 0 Å². The van der Waals surface area contributed by atoms with Crippen LogP contribution in [0.2, 0.25) is 0 Å². The molecule has 0 atom stereocenters. The van der Waals surface area contributed by atoms with Gasteiger partial charge in [0.15, 0.2) is 0 Å². The molecule has 0 aromatic heterocycles. The van der Waals surface area contributed by atoms with Gasteiger partial charge in [0, 0.05) is 6.61 Å². The fourth-order valence-electron chi connectivity index (χ4n) is 0.408. The summed E-state index contributed by atoms with van der Waals surface area (Å²) in [6.45, 7) is 3.77. The van der Waals surface area contributed by atoms with Crippen LogP contribution in [0.25, 0.3) is 0 Å². The third-order valence-corrected chi connectivity index (χ3v) is 0.912. The molecular weight excluding hydrogens is 104 g/mol. The summed E-state index contributed by atoms with van der Waals surface area (Å²) in [6, 6.07) is 0. The summed E-state index contributed by atoms with van der Waals surface area (Å²) in [4.78, 5) is 0. The molecule has 0 aromatic carbocycles. The first kappa shape index (κ1) is 7.66. The molecule has 0 amide bonds. The third kappa shape index (κ3) is 3.84. The van der Waals surface area contributed by atoms with E-state index in [4.69, 9.17) is 10.2 Å². The molecule has 2 nitrogen and oxygen atoms in total. The second kappa shape index (κ2) is 4.81. The zero-order chi connectivity index (χ0) is 6.41. The summed E-state index contributed by atoms with van der Waals surface area (Å²) in [5, 5.41) is 16.7. The lowest BCUT2D eigenvalue weighted by Crippen LogP contribution is -1.90. The minimum atomic E-state index is 0.0417. The maximum absolute atomic E-state index is 8.38. The fraction of sp³-hybridized carbons (Fsp3) is 0.667. The standard InChI is InChI=1S/C6H12O2/c1-6(5-8)3-2-4-7/h7-8H,1-5H2. The van der Waals surface area contributed by atoms with Gasteiger partial charge in [-0.15, -0.1) is 0 Å². The lowest BCUT2D eigenvalue weighted by atomic mass is 10.2. The van der Waals surface area contributed by atoms with Gasteiger partial charge in [-0.05, 0) is 12.8 Å². The molecule has 2 heteroatoms.